The van der Waals surface area contributed by atoms with Crippen LogP contribution in [0.4, 0.5) is 10.8 Å². The first-order chi connectivity index (χ1) is 15.7. The van der Waals surface area contributed by atoms with Crippen LogP contribution in [0.2, 0.25) is 0 Å². The van der Waals surface area contributed by atoms with Gasteiger partial charge in [0.1, 0.15) is 0 Å². The molecular weight excluding hydrogens is 541 g/mol. The van der Waals surface area contributed by atoms with E-state index in [9.17, 15) is 9.59 Å². The van der Waals surface area contributed by atoms with Crippen LogP contribution in [0.1, 0.15) is 35.9 Å². The zero-order valence-electron chi connectivity index (χ0n) is 20.8. The van der Waals surface area contributed by atoms with Gasteiger partial charge in [-0.3, -0.25) is 14.5 Å². The average molecular weight is 579 g/mol. The number of guanidine groups is 1. The van der Waals surface area contributed by atoms with Crippen molar-refractivity contribution in [2.75, 3.05) is 32.5 Å². The smallest absolute Gasteiger partial charge is 0.226 e. The summed E-state index contributed by atoms with van der Waals surface area (Å²) in [5.74, 6) is 0.121. The minimum Gasteiger partial charge on any atom is -0.370 e. The van der Waals surface area contributed by atoms with E-state index in [1.54, 1.807) is 4.90 Å². The molecule has 13 heteroatoms. The van der Waals surface area contributed by atoms with Gasteiger partial charge in [0.25, 0.3) is 0 Å². The number of nitrogens with two attached hydrogens (primary N) is 2. The summed E-state index contributed by atoms with van der Waals surface area (Å²) in [6.45, 7) is 3.92. The molecule has 0 bridgehead atoms. The van der Waals surface area contributed by atoms with Crippen LogP contribution >= 0.6 is 49.6 Å². The lowest BCUT2D eigenvalue weighted by molar-refractivity contribution is -0.134. The summed E-state index contributed by atoms with van der Waals surface area (Å²) in [6, 6.07) is 7.78. The Labute approximate surface area is 236 Å². The fourth-order valence-corrected chi connectivity index (χ4v) is 5.12. The first kappa shape index (κ1) is 34.0. The number of halogens is 2. The lowest BCUT2D eigenvalue weighted by Crippen LogP contribution is -2.42. The van der Waals surface area contributed by atoms with Crippen LogP contribution in [0.3, 0.4) is 0 Å². The molecule has 0 spiro atoms. The van der Waals surface area contributed by atoms with Crippen LogP contribution < -0.4 is 16.8 Å². The monoisotopic (exact) mass is 577 g/mol. The fourth-order valence-electron chi connectivity index (χ4n) is 4.02. The van der Waals surface area contributed by atoms with Gasteiger partial charge in [-0.15, -0.1) is 36.2 Å². The van der Waals surface area contributed by atoms with Crippen molar-refractivity contribution in [1.82, 2.24) is 14.8 Å². The second kappa shape index (κ2) is 15.9. The number of hydrogen-bond acceptors (Lipinski definition) is 6. The van der Waals surface area contributed by atoms with Crippen molar-refractivity contribution in [3.63, 3.8) is 0 Å². The van der Waals surface area contributed by atoms with Crippen molar-refractivity contribution in [2.45, 2.75) is 39.2 Å². The number of piperidine rings is 1. The standard InChI is InChI=1S/C23H33N7O2S.2ClH.H2S/c1-15(31)26-23-28-19(11-8-16-6-9-18(10-7-16)27-22(24)25)20(33-23)14-30-12-4-5-17(13-30)21(32)29(2)3;;;/h6-7,9-10,17H,4-5,8,11-14H2,1-3H3,(H4,24,25,27)(H,26,28,31);2*1H;1H2/t17-;;;/m1.../s1. The molecule has 1 aromatic heterocycles. The van der Waals surface area contributed by atoms with Gasteiger partial charge in [-0.2, -0.15) is 13.5 Å². The average Bonchev–Trinajstić information content (AvgIpc) is 3.12. The number of benzene rings is 1. The van der Waals surface area contributed by atoms with Crippen LogP contribution in [0.15, 0.2) is 29.3 Å². The third-order valence-electron chi connectivity index (χ3n) is 5.57. The number of nitrogens with one attached hydrogen (secondary N) is 1. The van der Waals surface area contributed by atoms with Crippen LogP contribution in [0.5, 0.6) is 0 Å². The van der Waals surface area contributed by atoms with Crippen molar-refractivity contribution in [3.8, 4) is 0 Å². The maximum Gasteiger partial charge on any atom is 0.226 e. The van der Waals surface area contributed by atoms with E-state index in [4.69, 9.17) is 16.5 Å². The molecule has 1 aliphatic heterocycles. The molecule has 2 amide bonds. The van der Waals surface area contributed by atoms with E-state index in [0.29, 0.717) is 10.8 Å². The summed E-state index contributed by atoms with van der Waals surface area (Å²) in [7, 11) is 3.62. The number of nitrogens with zero attached hydrogens (tertiary/aromatic N) is 4. The van der Waals surface area contributed by atoms with Gasteiger partial charge >= 0.3 is 0 Å². The number of hydrogen-bond donors (Lipinski definition) is 3. The molecule has 5 N–H and O–H groups in total. The summed E-state index contributed by atoms with van der Waals surface area (Å²) < 4.78 is 0. The highest BCUT2D eigenvalue weighted by atomic mass is 35.5. The molecule has 1 aromatic carbocycles. The third kappa shape index (κ3) is 10.1. The molecule has 0 radical (unpaired) electrons. The lowest BCUT2D eigenvalue weighted by atomic mass is 9.96. The van der Waals surface area contributed by atoms with E-state index in [2.05, 4.69) is 15.2 Å². The van der Waals surface area contributed by atoms with Gasteiger partial charge in [0.2, 0.25) is 11.8 Å². The predicted molar refractivity (Wildman–Crippen MR) is 157 cm³/mol. The Morgan fingerprint density at radius 2 is 1.86 bits per heavy atom. The minimum absolute atomic E-state index is 0. The first-order valence-corrected chi connectivity index (χ1v) is 11.9. The molecule has 2 aromatic rings. The fraction of sp³-hybridized carbons (Fsp3) is 0.478. The van der Waals surface area contributed by atoms with E-state index >= 15 is 0 Å². The Hall–Kier alpha value is -2.05. The topological polar surface area (TPSA) is 130 Å². The van der Waals surface area contributed by atoms with E-state index in [1.807, 2.05) is 38.4 Å². The molecule has 36 heavy (non-hydrogen) atoms. The Bertz CT molecular complexity index is 1010. The molecule has 1 atom stereocenters. The highest BCUT2D eigenvalue weighted by Gasteiger charge is 2.27. The number of aromatic nitrogens is 1. The Kier molecular flexibility index (Phi) is 15.0. The Morgan fingerprint density at radius 3 is 2.44 bits per heavy atom. The summed E-state index contributed by atoms with van der Waals surface area (Å²) in [4.78, 5) is 37.9. The normalized spacial score (nSPS) is 14.9. The number of carbonyl (C=O) groups excluding carboxylic acids is 2. The van der Waals surface area contributed by atoms with Crippen LogP contribution in [-0.2, 0) is 29.0 Å². The number of amides is 2. The van der Waals surface area contributed by atoms with Gasteiger partial charge < -0.3 is 21.7 Å². The van der Waals surface area contributed by atoms with Gasteiger partial charge in [-0.25, -0.2) is 9.98 Å². The molecule has 0 saturated carbocycles. The van der Waals surface area contributed by atoms with Gasteiger partial charge in [-0.05, 0) is 49.9 Å². The zero-order chi connectivity index (χ0) is 24.0. The second-order valence-electron chi connectivity index (χ2n) is 8.58. The summed E-state index contributed by atoms with van der Waals surface area (Å²) in [5.41, 5.74) is 13.7. The van der Waals surface area contributed by atoms with Crippen molar-refractivity contribution >= 4 is 78.2 Å². The summed E-state index contributed by atoms with van der Waals surface area (Å²) in [6.07, 6.45) is 3.48. The van der Waals surface area contributed by atoms with E-state index in [-0.39, 0.29) is 62.0 Å². The third-order valence-corrected chi connectivity index (χ3v) is 6.57. The molecule has 0 unspecified atom stereocenters. The SMILES string of the molecule is CC(=O)Nc1nc(CCc2ccc(N=C(N)N)cc2)c(CN2CCC[C@@H](C(=O)N(C)C)C2)s1.Cl.Cl.S. The van der Waals surface area contributed by atoms with Crippen LogP contribution in [0.25, 0.3) is 0 Å². The lowest BCUT2D eigenvalue weighted by Gasteiger charge is -2.33. The number of likely N-dealkylation sites (tertiary alicyclic amines) is 1. The van der Waals surface area contributed by atoms with Crippen molar-refractivity contribution in [2.24, 2.45) is 22.4 Å². The molecule has 9 nitrogen and oxygen atoms in total. The minimum atomic E-state index is -0.133. The molecule has 202 valence electrons. The highest BCUT2D eigenvalue weighted by molar-refractivity contribution is 7.59. The molecule has 3 rings (SSSR count). The molecule has 0 aliphatic carbocycles. The maximum absolute atomic E-state index is 12.5. The van der Waals surface area contributed by atoms with Crippen molar-refractivity contribution < 1.29 is 9.59 Å². The largest absolute Gasteiger partial charge is 0.370 e. The number of carbonyl (C=O) groups is 2. The maximum atomic E-state index is 12.5. The number of thiazole rings is 1. The number of anilines is 1. The number of aliphatic imine (C=N–C) groups is 1. The van der Waals surface area contributed by atoms with Crippen molar-refractivity contribution in [3.05, 3.63) is 40.4 Å². The van der Waals surface area contributed by atoms with E-state index < -0.39 is 0 Å². The van der Waals surface area contributed by atoms with Crippen LogP contribution in [0, 0.1) is 5.92 Å². The summed E-state index contributed by atoms with van der Waals surface area (Å²) >= 11 is 1.52. The van der Waals surface area contributed by atoms with Crippen molar-refractivity contribution in [1.29, 1.82) is 0 Å². The van der Waals surface area contributed by atoms with Gasteiger partial charge in [0, 0.05) is 39.0 Å². The zero-order valence-corrected chi connectivity index (χ0v) is 24.3. The van der Waals surface area contributed by atoms with E-state index in [0.717, 1.165) is 61.5 Å². The molecule has 1 fully saturated rings. The molecule has 2 heterocycles. The number of aryl methyl sites for hydroxylation is 2. The first-order valence-electron chi connectivity index (χ1n) is 11.1. The Balaban J connectivity index is 0.00000408. The van der Waals surface area contributed by atoms with Gasteiger partial charge in [-0.1, -0.05) is 12.1 Å². The number of rotatable bonds is 8. The summed E-state index contributed by atoms with van der Waals surface area (Å²) in [5, 5.41) is 3.44. The van der Waals surface area contributed by atoms with E-state index in [1.165, 1.54) is 18.3 Å². The Morgan fingerprint density at radius 1 is 1.19 bits per heavy atom. The molecular formula is C23H37Cl2N7O2S2. The highest BCUT2D eigenvalue weighted by Crippen LogP contribution is 2.28. The molecule has 1 saturated heterocycles. The molecule has 1 aliphatic rings. The van der Waals surface area contributed by atoms with Gasteiger partial charge in [0.05, 0.1) is 17.3 Å². The quantitative estimate of drug-likeness (QED) is 0.326. The van der Waals surface area contributed by atoms with Crippen LogP contribution in [-0.4, -0.2) is 59.7 Å². The predicted octanol–water partition coefficient (Wildman–Crippen LogP) is 3.05. The van der Waals surface area contributed by atoms with Gasteiger partial charge in [0.15, 0.2) is 11.1 Å². The second-order valence-corrected chi connectivity index (χ2v) is 9.66.